The molecule has 0 N–H and O–H groups in total. The van der Waals surface area contributed by atoms with Crippen LogP contribution in [0.15, 0.2) is 35.7 Å². The van der Waals surface area contributed by atoms with E-state index in [1.165, 1.54) is 23.0 Å². The lowest BCUT2D eigenvalue weighted by atomic mass is 9.99. The van der Waals surface area contributed by atoms with E-state index < -0.39 is 33.2 Å². The predicted octanol–water partition coefficient (Wildman–Crippen LogP) is 2.08. The molecule has 2 rings (SSSR count). The van der Waals surface area contributed by atoms with Crippen LogP contribution in [0.2, 0.25) is 0 Å². The third kappa shape index (κ3) is 3.38. The highest BCUT2D eigenvalue weighted by Gasteiger charge is 2.21. The number of carbonyl (C=O) groups is 1. The van der Waals surface area contributed by atoms with Crippen LogP contribution in [-0.2, 0) is 16.4 Å². The Morgan fingerprint density at radius 3 is 2.59 bits per heavy atom. The normalized spacial score (nSPS) is 13.1. The second kappa shape index (κ2) is 5.96. The van der Waals surface area contributed by atoms with Gasteiger partial charge in [0.05, 0.1) is 0 Å². The molecular weight excluding hydrogens is 314 g/mol. The smallest absolute Gasteiger partial charge is 0.227 e. The van der Waals surface area contributed by atoms with E-state index in [9.17, 15) is 22.0 Å². The van der Waals surface area contributed by atoms with Crippen LogP contribution < -0.4 is 0 Å². The number of rotatable bonds is 5. The van der Waals surface area contributed by atoms with Gasteiger partial charge in [-0.1, -0.05) is 6.92 Å². The number of sulfone groups is 1. The fourth-order valence-corrected chi connectivity index (χ4v) is 2.89. The third-order valence-electron chi connectivity index (χ3n) is 3.13. The highest BCUT2D eigenvalue weighted by molar-refractivity contribution is 7.90. The van der Waals surface area contributed by atoms with Crippen LogP contribution in [0.25, 0.3) is 0 Å². The van der Waals surface area contributed by atoms with Crippen molar-refractivity contribution in [2.24, 2.45) is 5.92 Å². The van der Waals surface area contributed by atoms with E-state index in [0.717, 1.165) is 18.4 Å². The zero-order valence-electron chi connectivity index (χ0n) is 12.0. The lowest BCUT2D eigenvalue weighted by Crippen LogP contribution is -2.20. The monoisotopic (exact) mass is 328 g/mol. The third-order valence-corrected chi connectivity index (χ3v) is 4.13. The molecule has 0 amide bonds. The van der Waals surface area contributed by atoms with Crippen molar-refractivity contribution in [1.29, 1.82) is 0 Å². The molecule has 0 aliphatic carbocycles. The summed E-state index contributed by atoms with van der Waals surface area (Å²) >= 11 is 0. The first kappa shape index (κ1) is 16.3. The van der Waals surface area contributed by atoms with Crippen LogP contribution in [0.1, 0.15) is 17.3 Å². The number of ketones is 1. The molecule has 0 saturated carbocycles. The Hall–Kier alpha value is -2.09. The lowest BCUT2D eigenvalue weighted by Gasteiger charge is -2.13. The van der Waals surface area contributed by atoms with Gasteiger partial charge in [0.2, 0.25) is 15.0 Å². The van der Waals surface area contributed by atoms with Crippen molar-refractivity contribution in [3.63, 3.8) is 0 Å². The number of nitrogens with zero attached hydrogens (tertiary/aromatic N) is 2. The molecule has 0 bridgehead atoms. The zero-order chi connectivity index (χ0) is 16.5. The molecule has 1 aromatic carbocycles. The average molecular weight is 328 g/mol. The Kier molecular flexibility index (Phi) is 4.41. The Morgan fingerprint density at radius 2 is 2.00 bits per heavy atom. The van der Waals surface area contributed by atoms with Gasteiger partial charge in [0.25, 0.3) is 0 Å². The van der Waals surface area contributed by atoms with E-state index in [-0.39, 0.29) is 17.3 Å². The Bertz CT molecular complexity index is 815. The van der Waals surface area contributed by atoms with Gasteiger partial charge >= 0.3 is 0 Å². The van der Waals surface area contributed by atoms with Gasteiger partial charge in [-0.3, -0.25) is 4.79 Å². The standard InChI is InChI=1S/C14H14F2N2O3S/c1-9(8-18-6-5-17-14(18)22(2,20)21)13(19)10-3-4-11(15)12(16)7-10/h3-7,9H,8H2,1-2H3/t9-/m0/s1. The first-order valence-electron chi connectivity index (χ1n) is 6.40. The minimum atomic E-state index is -3.51. The topological polar surface area (TPSA) is 69.0 Å². The summed E-state index contributed by atoms with van der Waals surface area (Å²) in [5.74, 6) is -3.16. The number of aromatic nitrogens is 2. The molecule has 0 unspecified atom stereocenters. The maximum Gasteiger partial charge on any atom is 0.227 e. The molecule has 2 aromatic rings. The van der Waals surface area contributed by atoms with Crippen LogP contribution in [0.3, 0.4) is 0 Å². The summed E-state index contributed by atoms with van der Waals surface area (Å²) in [6.45, 7) is 1.65. The first-order chi connectivity index (χ1) is 10.2. The number of benzene rings is 1. The highest BCUT2D eigenvalue weighted by atomic mass is 32.2. The van der Waals surface area contributed by atoms with Crippen LogP contribution in [0, 0.1) is 17.6 Å². The van der Waals surface area contributed by atoms with Gasteiger partial charge in [0.1, 0.15) is 0 Å². The fourth-order valence-electron chi connectivity index (χ4n) is 2.08. The van der Waals surface area contributed by atoms with Crippen LogP contribution in [0.5, 0.6) is 0 Å². The van der Waals surface area contributed by atoms with E-state index in [4.69, 9.17) is 0 Å². The van der Waals surface area contributed by atoms with Crippen LogP contribution in [-0.4, -0.2) is 30.0 Å². The van der Waals surface area contributed by atoms with E-state index in [1.807, 2.05) is 0 Å². The molecule has 1 atom stereocenters. The fraction of sp³-hybridized carbons (Fsp3) is 0.286. The average Bonchev–Trinajstić information content (AvgIpc) is 2.89. The number of hydrogen-bond donors (Lipinski definition) is 0. The molecule has 1 aromatic heterocycles. The number of hydrogen-bond acceptors (Lipinski definition) is 4. The number of carbonyl (C=O) groups excluding carboxylic acids is 1. The van der Waals surface area contributed by atoms with Gasteiger partial charge in [-0.25, -0.2) is 22.2 Å². The molecule has 0 fully saturated rings. The molecule has 0 aliphatic heterocycles. The summed E-state index contributed by atoms with van der Waals surface area (Å²) in [4.78, 5) is 16.0. The van der Waals surface area contributed by atoms with Crippen molar-refractivity contribution in [1.82, 2.24) is 9.55 Å². The molecule has 0 spiro atoms. The number of halogens is 2. The van der Waals surface area contributed by atoms with Crippen molar-refractivity contribution in [2.75, 3.05) is 6.26 Å². The Morgan fingerprint density at radius 1 is 1.32 bits per heavy atom. The molecule has 118 valence electrons. The van der Waals surface area contributed by atoms with Crippen molar-refractivity contribution < 1.29 is 22.0 Å². The van der Waals surface area contributed by atoms with Crippen molar-refractivity contribution >= 4 is 15.6 Å². The molecule has 0 radical (unpaired) electrons. The largest absolute Gasteiger partial charge is 0.321 e. The second-order valence-electron chi connectivity index (χ2n) is 5.03. The van der Waals surface area contributed by atoms with Gasteiger partial charge in [-0.15, -0.1) is 0 Å². The molecule has 1 heterocycles. The SMILES string of the molecule is C[C@@H](Cn1ccnc1S(C)(=O)=O)C(=O)c1ccc(F)c(F)c1. The molecular formula is C14H14F2N2O3S. The van der Waals surface area contributed by atoms with E-state index in [1.54, 1.807) is 6.92 Å². The molecule has 0 saturated heterocycles. The van der Waals surface area contributed by atoms with Gasteiger partial charge < -0.3 is 4.57 Å². The van der Waals surface area contributed by atoms with Crippen molar-refractivity contribution in [3.05, 3.63) is 47.8 Å². The second-order valence-corrected chi connectivity index (χ2v) is 6.94. The number of Topliss-reactive ketones (excluding diaryl/α,β-unsaturated/α-hetero) is 1. The minimum Gasteiger partial charge on any atom is -0.321 e. The first-order valence-corrected chi connectivity index (χ1v) is 8.29. The number of imidazole rings is 1. The Balaban J connectivity index is 2.22. The van der Waals surface area contributed by atoms with Crippen molar-refractivity contribution in [3.8, 4) is 0 Å². The molecule has 0 aliphatic rings. The zero-order valence-corrected chi connectivity index (χ0v) is 12.8. The minimum absolute atomic E-state index is 0.0346. The van der Waals surface area contributed by atoms with Crippen LogP contribution >= 0.6 is 0 Å². The summed E-state index contributed by atoms with van der Waals surface area (Å²) in [5.41, 5.74) is 0.0346. The lowest BCUT2D eigenvalue weighted by molar-refractivity contribution is 0.0916. The summed E-state index contributed by atoms with van der Waals surface area (Å²) in [6.07, 6.45) is 3.80. The molecule has 5 nitrogen and oxygen atoms in total. The van der Waals surface area contributed by atoms with Gasteiger partial charge in [-0.05, 0) is 18.2 Å². The van der Waals surface area contributed by atoms with Crippen LogP contribution in [0.4, 0.5) is 8.78 Å². The maximum atomic E-state index is 13.2. The van der Waals surface area contributed by atoms with Gasteiger partial charge in [0.15, 0.2) is 17.4 Å². The summed E-state index contributed by atoms with van der Waals surface area (Å²) in [5, 5.41) is -0.141. The van der Waals surface area contributed by atoms with Gasteiger partial charge in [0, 0.05) is 36.7 Å². The Labute approximate surface area is 126 Å². The van der Waals surface area contributed by atoms with E-state index in [2.05, 4.69) is 4.98 Å². The summed E-state index contributed by atoms with van der Waals surface area (Å²) in [7, 11) is -3.51. The van der Waals surface area contributed by atoms with Gasteiger partial charge in [-0.2, -0.15) is 0 Å². The quantitative estimate of drug-likeness (QED) is 0.788. The summed E-state index contributed by atoms with van der Waals surface area (Å²) in [6, 6.07) is 2.91. The molecule has 8 heteroatoms. The highest BCUT2D eigenvalue weighted by Crippen LogP contribution is 2.16. The van der Waals surface area contributed by atoms with E-state index in [0.29, 0.717) is 0 Å². The van der Waals surface area contributed by atoms with E-state index >= 15 is 0 Å². The molecule has 22 heavy (non-hydrogen) atoms. The van der Waals surface area contributed by atoms with Crippen molar-refractivity contribution in [2.45, 2.75) is 18.6 Å². The predicted molar refractivity (Wildman–Crippen MR) is 75.2 cm³/mol. The summed E-state index contributed by atoms with van der Waals surface area (Å²) < 4.78 is 50.5. The maximum absolute atomic E-state index is 13.2.